The van der Waals surface area contributed by atoms with Crippen molar-refractivity contribution in [3.8, 4) is 17.1 Å². The number of aromatic nitrogens is 2. The topological polar surface area (TPSA) is 17.8 Å². The molecule has 0 bridgehead atoms. The highest BCUT2D eigenvalue weighted by molar-refractivity contribution is 7.17. The first-order valence-corrected chi connectivity index (χ1v) is 12.9. The lowest BCUT2D eigenvalue weighted by Gasteiger charge is -2.22. The van der Waals surface area contributed by atoms with Crippen molar-refractivity contribution in [2.24, 2.45) is 0 Å². The largest absolute Gasteiger partial charge is 0.292 e. The molecule has 0 spiro atoms. The second-order valence-corrected chi connectivity index (χ2v) is 10.8. The van der Waals surface area contributed by atoms with Crippen LogP contribution in [0.2, 0.25) is 0 Å². The van der Waals surface area contributed by atoms with Gasteiger partial charge in [-0.3, -0.25) is 4.57 Å². The van der Waals surface area contributed by atoms with E-state index in [4.69, 9.17) is 4.98 Å². The molecule has 33 heavy (non-hydrogen) atoms. The summed E-state index contributed by atoms with van der Waals surface area (Å²) in [6.45, 7) is 13.7. The maximum Gasteiger partial charge on any atom is 0.147 e. The summed E-state index contributed by atoms with van der Waals surface area (Å²) in [5, 5.41) is 3.58. The molecule has 3 heteroatoms. The van der Waals surface area contributed by atoms with E-state index < -0.39 is 0 Å². The van der Waals surface area contributed by atoms with E-state index in [1.807, 2.05) is 11.3 Å². The van der Waals surface area contributed by atoms with E-state index in [1.54, 1.807) is 0 Å². The summed E-state index contributed by atoms with van der Waals surface area (Å²) < 4.78 is 3.76. The van der Waals surface area contributed by atoms with E-state index in [1.165, 1.54) is 43.5 Å². The fourth-order valence-corrected chi connectivity index (χ4v) is 5.77. The Kier molecular flexibility index (Phi) is 5.62. The Morgan fingerprint density at radius 3 is 2.12 bits per heavy atom. The van der Waals surface area contributed by atoms with Crippen LogP contribution in [0.1, 0.15) is 76.0 Å². The van der Waals surface area contributed by atoms with Gasteiger partial charge in [0.2, 0.25) is 0 Å². The summed E-state index contributed by atoms with van der Waals surface area (Å²) in [7, 11) is 0. The van der Waals surface area contributed by atoms with Gasteiger partial charge in [-0.05, 0) is 52.6 Å². The standard InChI is InChI=1S/C30H32N2S/c1-18(2)21-14-15-24-25(17-33-28(24)16-21)30-31-26-12-7-8-13-27(26)32(30)29-22(19(3)4)10-9-11-23(29)20(5)6/h7-20H,1-6H3. The van der Waals surface area contributed by atoms with Crippen LogP contribution in [-0.2, 0) is 0 Å². The zero-order valence-electron chi connectivity index (χ0n) is 20.4. The lowest BCUT2D eigenvalue weighted by atomic mass is 9.92. The van der Waals surface area contributed by atoms with Crippen LogP contribution in [0.4, 0.5) is 0 Å². The van der Waals surface area contributed by atoms with Crippen LogP contribution >= 0.6 is 11.3 Å². The highest BCUT2D eigenvalue weighted by Crippen LogP contribution is 2.41. The molecule has 2 aromatic heterocycles. The van der Waals surface area contributed by atoms with Gasteiger partial charge in [0.15, 0.2) is 0 Å². The first-order chi connectivity index (χ1) is 15.9. The molecule has 2 nitrogen and oxygen atoms in total. The molecule has 0 fully saturated rings. The van der Waals surface area contributed by atoms with Crippen molar-refractivity contribution in [3.05, 3.63) is 82.7 Å². The average molecular weight is 453 g/mol. The molecule has 5 aromatic rings. The molecular formula is C30H32N2S. The first-order valence-electron chi connectivity index (χ1n) is 12.0. The number of nitrogens with zero attached hydrogens (tertiary/aromatic N) is 2. The number of benzene rings is 3. The smallest absolute Gasteiger partial charge is 0.147 e. The third kappa shape index (κ3) is 3.69. The maximum atomic E-state index is 5.21. The molecule has 0 aliphatic carbocycles. The van der Waals surface area contributed by atoms with Crippen LogP contribution in [0.5, 0.6) is 0 Å². The number of thiophene rings is 1. The van der Waals surface area contributed by atoms with Gasteiger partial charge < -0.3 is 0 Å². The Morgan fingerprint density at radius 2 is 1.45 bits per heavy atom. The number of rotatable bonds is 5. The second-order valence-electron chi connectivity index (χ2n) is 9.91. The predicted octanol–water partition coefficient (Wildman–Crippen LogP) is 9.28. The van der Waals surface area contributed by atoms with Gasteiger partial charge in [-0.15, -0.1) is 11.3 Å². The Morgan fingerprint density at radius 1 is 0.758 bits per heavy atom. The fraction of sp³-hybridized carbons (Fsp3) is 0.300. The van der Waals surface area contributed by atoms with E-state index in [0.29, 0.717) is 17.8 Å². The highest BCUT2D eigenvalue weighted by Gasteiger charge is 2.23. The van der Waals surface area contributed by atoms with Gasteiger partial charge in [0, 0.05) is 21.0 Å². The number of fused-ring (bicyclic) bond motifs is 2. The second kappa shape index (κ2) is 8.46. The molecule has 0 radical (unpaired) electrons. The van der Waals surface area contributed by atoms with E-state index in [2.05, 4.69) is 112 Å². The molecular weight excluding hydrogens is 420 g/mol. The van der Waals surface area contributed by atoms with E-state index in [9.17, 15) is 0 Å². The SMILES string of the molecule is CC(C)c1ccc2c(-c3nc4ccccc4n3-c3c(C(C)C)cccc3C(C)C)csc2c1. The summed E-state index contributed by atoms with van der Waals surface area (Å²) in [6.07, 6.45) is 0. The zero-order valence-corrected chi connectivity index (χ0v) is 21.2. The molecule has 0 aliphatic rings. The zero-order chi connectivity index (χ0) is 23.3. The minimum atomic E-state index is 0.417. The lowest BCUT2D eigenvalue weighted by molar-refractivity contribution is 0.811. The molecule has 2 heterocycles. The van der Waals surface area contributed by atoms with E-state index in [0.717, 1.165) is 11.3 Å². The highest BCUT2D eigenvalue weighted by atomic mass is 32.1. The molecule has 168 valence electrons. The van der Waals surface area contributed by atoms with Gasteiger partial charge in [0.05, 0.1) is 16.7 Å². The molecule has 0 amide bonds. The van der Waals surface area contributed by atoms with Gasteiger partial charge in [-0.2, -0.15) is 0 Å². The molecule has 5 rings (SSSR count). The molecule has 0 atom stereocenters. The van der Waals surface area contributed by atoms with Crippen LogP contribution in [0, 0.1) is 0 Å². The maximum absolute atomic E-state index is 5.21. The normalized spacial score (nSPS) is 12.2. The van der Waals surface area contributed by atoms with Gasteiger partial charge in [0.1, 0.15) is 5.82 Å². The van der Waals surface area contributed by atoms with Crippen molar-refractivity contribution in [2.75, 3.05) is 0 Å². The van der Waals surface area contributed by atoms with E-state index in [-0.39, 0.29) is 0 Å². The van der Waals surface area contributed by atoms with Crippen molar-refractivity contribution in [3.63, 3.8) is 0 Å². The van der Waals surface area contributed by atoms with Crippen LogP contribution < -0.4 is 0 Å². The van der Waals surface area contributed by atoms with Gasteiger partial charge in [-0.25, -0.2) is 4.98 Å². The number of hydrogen-bond acceptors (Lipinski definition) is 2. The quantitative estimate of drug-likeness (QED) is 0.260. The van der Waals surface area contributed by atoms with Crippen molar-refractivity contribution in [1.29, 1.82) is 0 Å². The third-order valence-corrected chi connectivity index (χ3v) is 7.58. The van der Waals surface area contributed by atoms with Crippen molar-refractivity contribution in [2.45, 2.75) is 59.3 Å². The monoisotopic (exact) mass is 452 g/mol. The Hall–Kier alpha value is -2.91. The molecule has 0 saturated carbocycles. The van der Waals surface area contributed by atoms with Crippen LogP contribution in [0.3, 0.4) is 0 Å². The summed E-state index contributed by atoms with van der Waals surface area (Å²) in [5.74, 6) is 2.40. The summed E-state index contributed by atoms with van der Waals surface area (Å²) in [4.78, 5) is 5.21. The van der Waals surface area contributed by atoms with Gasteiger partial charge >= 0.3 is 0 Å². The Bertz CT molecular complexity index is 1420. The van der Waals surface area contributed by atoms with Crippen molar-refractivity contribution < 1.29 is 0 Å². The predicted molar refractivity (Wildman–Crippen MR) is 144 cm³/mol. The van der Waals surface area contributed by atoms with Crippen molar-refractivity contribution >= 4 is 32.5 Å². The first kappa shape index (κ1) is 21.9. The minimum absolute atomic E-state index is 0.417. The van der Waals surface area contributed by atoms with E-state index >= 15 is 0 Å². The van der Waals surface area contributed by atoms with Gasteiger partial charge in [-0.1, -0.05) is 84.0 Å². The molecule has 0 unspecified atom stereocenters. The van der Waals surface area contributed by atoms with Crippen LogP contribution in [0.25, 0.3) is 38.2 Å². The molecule has 3 aromatic carbocycles. The molecule has 0 N–H and O–H groups in total. The number of hydrogen-bond donors (Lipinski definition) is 0. The molecule has 0 aliphatic heterocycles. The number of para-hydroxylation sites is 3. The number of imidazole rings is 1. The Balaban J connectivity index is 1.87. The van der Waals surface area contributed by atoms with Gasteiger partial charge in [0.25, 0.3) is 0 Å². The summed E-state index contributed by atoms with van der Waals surface area (Å²) >= 11 is 1.82. The van der Waals surface area contributed by atoms with Crippen molar-refractivity contribution in [1.82, 2.24) is 9.55 Å². The minimum Gasteiger partial charge on any atom is -0.292 e. The Labute approximate surface area is 200 Å². The lowest BCUT2D eigenvalue weighted by Crippen LogP contribution is -2.08. The average Bonchev–Trinajstić information content (AvgIpc) is 3.38. The summed E-state index contributed by atoms with van der Waals surface area (Å²) in [5.41, 5.74) is 8.84. The van der Waals surface area contributed by atoms with Crippen LogP contribution in [-0.4, -0.2) is 9.55 Å². The fourth-order valence-electron chi connectivity index (χ4n) is 4.78. The van der Waals surface area contributed by atoms with Crippen LogP contribution in [0.15, 0.2) is 66.0 Å². The third-order valence-electron chi connectivity index (χ3n) is 6.63. The molecule has 0 saturated heterocycles. The summed E-state index contributed by atoms with van der Waals surface area (Å²) in [6, 6.07) is 22.2.